The van der Waals surface area contributed by atoms with Crippen LogP contribution in [0.2, 0.25) is 0 Å². The zero-order valence-corrected chi connectivity index (χ0v) is 16.8. The predicted octanol–water partition coefficient (Wildman–Crippen LogP) is 5.11. The van der Waals surface area contributed by atoms with E-state index in [2.05, 4.69) is 42.0 Å². The van der Waals surface area contributed by atoms with E-state index in [9.17, 15) is 4.79 Å². The van der Waals surface area contributed by atoms with Gasteiger partial charge in [-0.15, -0.1) is 0 Å². The van der Waals surface area contributed by atoms with Gasteiger partial charge in [-0.3, -0.25) is 5.10 Å². The molecule has 0 unspecified atom stereocenters. The first-order chi connectivity index (χ1) is 12.8. The molecule has 3 aromatic rings. The fourth-order valence-corrected chi connectivity index (χ4v) is 2.81. The Morgan fingerprint density at radius 1 is 1.19 bits per heavy atom. The number of fused-ring (bicyclic) bond motifs is 1. The maximum absolute atomic E-state index is 10.7. The monoisotopic (exact) mass is 367 g/mol. The van der Waals surface area contributed by atoms with E-state index >= 15 is 0 Å². The fourth-order valence-electron chi connectivity index (χ4n) is 2.81. The number of carboxylic acids is 1. The van der Waals surface area contributed by atoms with E-state index in [1.807, 2.05) is 26.0 Å². The molecule has 3 rings (SSSR count). The van der Waals surface area contributed by atoms with Gasteiger partial charge in [0.25, 0.3) is 0 Å². The third-order valence-corrected chi connectivity index (χ3v) is 4.61. The Morgan fingerprint density at radius 2 is 1.93 bits per heavy atom. The molecule has 0 radical (unpaired) electrons. The number of aromatic amines is 1. The second-order valence-electron chi connectivity index (χ2n) is 7.25. The lowest BCUT2D eigenvalue weighted by Gasteiger charge is -2.08. The van der Waals surface area contributed by atoms with Gasteiger partial charge in [-0.05, 0) is 74.4 Å². The number of carboxylic acid groups (broad SMARTS) is 1. The molecule has 0 bridgehead atoms. The fraction of sp³-hybridized carbons (Fsp3) is 0.409. The van der Waals surface area contributed by atoms with Crippen LogP contribution in [0, 0.1) is 19.8 Å². The van der Waals surface area contributed by atoms with Crippen molar-refractivity contribution < 1.29 is 9.90 Å². The average molecular weight is 367 g/mol. The molecule has 5 heteroatoms. The molecule has 5 nitrogen and oxygen atoms in total. The second-order valence-corrected chi connectivity index (χ2v) is 7.25. The number of aryl methyl sites for hydroxylation is 4. The van der Waals surface area contributed by atoms with Crippen LogP contribution in [-0.2, 0) is 12.8 Å². The molecule has 27 heavy (non-hydrogen) atoms. The minimum absolute atomic E-state index is 0.376. The molecular formula is C22H29N3O2. The first-order valence-electron chi connectivity index (χ1n) is 9.45. The zero-order chi connectivity index (χ0) is 20.0. The molecule has 144 valence electrons. The highest BCUT2D eigenvalue weighted by Crippen LogP contribution is 2.15. The van der Waals surface area contributed by atoms with Crippen molar-refractivity contribution in [3.63, 3.8) is 0 Å². The second kappa shape index (κ2) is 9.31. The molecule has 1 aromatic carbocycles. The number of benzene rings is 1. The van der Waals surface area contributed by atoms with Crippen LogP contribution in [0.25, 0.3) is 11.0 Å². The largest absolute Gasteiger partial charge is 0.478 e. The summed E-state index contributed by atoms with van der Waals surface area (Å²) in [5.74, 6) is -0.169. The van der Waals surface area contributed by atoms with E-state index in [4.69, 9.17) is 5.11 Å². The van der Waals surface area contributed by atoms with E-state index in [0.717, 1.165) is 47.2 Å². The summed E-state index contributed by atoms with van der Waals surface area (Å²) < 4.78 is 0. The van der Waals surface area contributed by atoms with Gasteiger partial charge in [0.1, 0.15) is 0 Å². The number of nitrogens with one attached hydrogen (secondary N) is 1. The van der Waals surface area contributed by atoms with Gasteiger partial charge in [0.15, 0.2) is 5.65 Å². The van der Waals surface area contributed by atoms with Crippen molar-refractivity contribution in [1.82, 2.24) is 15.2 Å². The Kier molecular flexibility index (Phi) is 7.11. The summed E-state index contributed by atoms with van der Waals surface area (Å²) >= 11 is 0. The van der Waals surface area contributed by atoms with Gasteiger partial charge in [0.2, 0.25) is 0 Å². The summed E-state index contributed by atoms with van der Waals surface area (Å²) in [7, 11) is 0. The molecular weight excluding hydrogens is 338 g/mol. The molecule has 2 aromatic heterocycles. The molecule has 0 spiro atoms. The Labute approximate surface area is 160 Å². The predicted molar refractivity (Wildman–Crippen MR) is 109 cm³/mol. The summed E-state index contributed by atoms with van der Waals surface area (Å²) in [6.07, 6.45) is 3.14. The number of pyridine rings is 1. The lowest BCUT2D eigenvalue weighted by molar-refractivity contribution is 0.0696. The van der Waals surface area contributed by atoms with Crippen LogP contribution in [0.4, 0.5) is 0 Å². The van der Waals surface area contributed by atoms with Crippen LogP contribution < -0.4 is 0 Å². The molecule has 2 heterocycles. The molecule has 0 atom stereocenters. The average Bonchev–Trinajstić information content (AvgIpc) is 3.01. The molecule has 0 fully saturated rings. The van der Waals surface area contributed by atoms with Crippen molar-refractivity contribution in [1.29, 1.82) is 0 Å². The number of hydrogen-bond donors (Lipinski definition) is 2. The topological polar surface area (TPSA) is 78.9 Å². The normalized spacial score (nSPS) is 10.7. The summed E-state index contributed by atoms with van der Waals surface area (Å²) in [5, 5.41) is 16.9. The number of rotatable bonds is 5. The standard InChI is InChI=1S/C13H18O2.C9H11N3/c1-9(2)4-5-11-6-7-12(13(14)15)8-10(11)3;1-3-7-4-5-8-6(2)11-12-9(8)10-7/h6-9H,4-5H2,1-3H3,(H,14,15);4-5H,3H2,1-2H3,(H,10,11,12). The van der Waals surface area contributed by atoms with Gasteiger partial charge in [0.05, 0.1) is 5.56 Å². The number of nitrogens with zero attached hydrogens (tertiary/aromatic N) is 2. The van der Waals surface area contributed by atoms with Crippen molar-refractivity contribution in [3.05, 3.63) is 58.4 Å². The van der Waals surface area contributed by atoms with Crippen LogP contribution in [0.3, 0.4) is 0 Å². The Bertz CT molecular complexity index is 913. The van der Waals surface area contributed by atoms with Crippen molar-refractivity contribution in [3.8, 4) is 0 Å². The first-order valence-corrected chi connectivity index (χ1v) is 9.45. The van der Waals surface area contributed by atoms with Crippen LogP contribution in [0.5, 0.6) is 0 Å². The van der Waals surface area contributed by atoms with Crippen LogP contribution in [-0.4, -0.2) is 26.3 Å². The zero-order valence-electron chi connectivity index (χ0n) is 16.8. The number of aromatic nitrogens is 3. The first kappa shape index (κ1) is 20.6. The minimum atomic E-state index is -0.853. The molecule has 0 amide bonds. The number of carbonyl (C=O) groups is 1. The lowest BCUT2D eigenvalue weighted by Crippen LogP contribution is -2.00. The van der Waals surface area contributed by atoms with E-state index in [-0.39, 0.29) is 0 Å². The van der Waals surface area contributed by atoms with Crippen LogP contribution in [0.1, 0.15) is 60.1 Å². The van der Waals surface area contributed by atoms with Crippen LogP contribution >= 0.6 is 0 Å². The quantitative estimate of drug-likeness (QED) is 0.657. The van der Waals surface area contributed by atoms with Gasteiger partial charge >= 0.3 is 5.97 Å². The summed E-state index contributed by atoms with van der Waals surface area (Å²) in [5.41, 5.74) is 5.71. The van der Waals surface area contributed by atoms with Gasteiger partial charge in [-0.25, -0.2) is 9.78 Å². The van der Waals surface area contributed by atoms with Gasteiger partial charge < -0.3 is 5.11 Å². The number of H-pyrrole nitrogens is 1. The molecule has 0 aliphatic carbocycles. The summed E-state index contributed by atoms with van der Waals surface area (Å²) in [6.45, 7) is 10.5. The van der Waals surface area contributed by atoms with Gasteiger partial charge in [-0.2, -0.15) is 5.10 Å². The van der Waals surface area contributed by atoms with E-state index in [1.54, 1.807) is 12.1 Å². The molecule has 0 aliphatic heterocycles. The third-order valence-electron chi connectivity index (χ3n) is 4.61. The Hall–Kier alpha value is -2.69. The molecule has 0 aliphatic rings. The van der Waals surface area contributed by atoms with E-state index in [0.29, 0.717) is 11.5 Å². The van der Waals surface area contributed by atoms with Crippen molar-refractivity contribution >= 4 is 17.0 Å². The Morgan fingerprint density at radius 3 is 2.52 bits per heavy atom. The number of hydrogen-bond acceptors (Lipinski definition) is 3. The maximum atomic E-state index is 10.7. The summed E-state index contributed by atoms with van der Waals surface area (Å²) in [6, 6.07) is 9.48. The SMILES string of the molecule is CCc1ccc2c(C)[nH]nc2n1.Cc1cc(C(=O)O)ccc1CCC(C)C. The minimum Gasteiger partial charge on any atom is -0.478 e. The summed E-state index contributed by atoms with van der Waals surface area (Å²) in [4.78, 5) is 15.1. The molecule has 2 N–H and O–H groups in total. The van der Waals surface area contributed by atoms with Gasteiger partial charge in [0, 0.05) is 16.8 Å². The van der Waals surface area contributed by atoms with Crippen molar-refractivity contribution in [2.75, 3.05) is 0 Å². The van der Waals surface area contributed by atoms with Crippen molar-refractivity contribution in [2.24, 2.45) is 5.92 Å². The smallest absolute Gasteiger partial charge is 0.335 e. The third kappa shape index (κ3) is 5.64. The van der Waals surface area contributed by atoms with Crippen molar-refractivity contribution in [2.45, 2.75) is 53.9 Å². The van der Waals surface area contributed by atoms with E-state index in [1.165, 1.54) is 5.56 Å². The Balaban J connectivity index is 0.000000198. The maximum Gasteiger partial charge on any atom is 0.335 e. The number of aromatic carboxylic acids is 1. The highest BCUT2D eigenvalue weighted by Gasteiger charge is 2.06. The lowest BCUT2D eigenvalue weighted by atomic mass is 9.97. The highest BCUT2D eigenvalue weighted by molar-refractivity contribution is 5.87. The van der Waals surface area contributed by atoms with E-state index < -0.39 is 5.97 Å². The van der Waals surface area contributed by atoms with Crippen LogP contribution in [0.15, 0.2) is 30.3 Å². The molecule has 0 saturated carbocycles. The molecule has 0 saturated heterocycles. The van der Waals surface area contributed by atoms with Gasteiger partial charge in [-0.1, -0.05) is 26.8 Å². The highest BCUT2D eigenvalue weighted by atomic mass is 16.4.